The highest BCUT2D eigenvalue weighted by molar-refractivity contribution is 5.98. The summed E-state index contributed by atoms with van der Waals surface area (Å²) in [5, 5.41) is 0. The number of nitrogens with one attached hydrogen (secondary N) is 2. The molecule has 20 heavy (non-hydrogen) atoms. The minimum absolute atomic E-state index is 0. The van der Waals surface area contributed by atoms with Crippen molar-refractivity contribution in [3.05, 3.63) is 65.5 Å². The third-order valence-corrected chi connectivity index (χ3v) is 2.55. The highest BCUT2D eigenvalue weighted by Crippen LogP contribution is 2.02. The molecule has 2 N–H and O–H groups in total. The van der Waals surface area contributed by atoms with Crippen molar-refractivity contribution in [3.63, 3.8) is 0 Å². The summed E-state index contributed by atoms with van der Waals surface area (Å²) in [5.74, 6) is -0.745. The van der Waals surface area contributed by atoms with E-state index in [2.05, 4.69) is 15.8 Å². The monoisotopic (exact) mass is 291 g/mol. The molecule has 0 aliphatic rings. The van der Waals surface area contributed by atoms with E-state index in [0.717, 1.165) is 5.56 Å². The molecule has 0 bridgehead atoms. The molecule has 6 heteroatoms. The molecule has 0 saturated carbocycles. The molecule has 0 aliphatic heterocycles. The SMILES string of the molecule is Cc1ccc(C(=O)NNC(=O)c2ccncc2)cc1.Cl. The molecular weight excluding hydrogens is 278 g/mol. The van der Waals surface area contributed by atoms with Crippen LogP contribution >= 0.6 is 12.4 Å². The van der Waals surface area contributed by atoms with Crippen molar-refractivity contribution in [1.29, 1.82) is 0 Å². The van der Waals surface area contributed by atoms with Gasteiger partial charge in [-0.2, -0.15) is 0 Å². The quantitative estimate of drug-likeness (QED) is 0.830. The van der Waals surface area contributed by atoms with Gasteiger partial charge in [-0.15, -0.1) is 12.4 Å². The molecule has 2 amide bonds. The highest BCUT2D eigenvalue weighted by atomic mass is 35.5. The normalized spacial score (nSPS) is 9.25. The number of hydrogen-bond donors (Lipinski definition) is 2. The van der Waals surface area contributed by atoms with E-state index in [0.29, 0.717) is 11.1 Å². The molecule has 1 aromatic heterocycles. The Bertz CT molecular complexity index is 585. The first kappa shape index (κ1) is 15.7. The lowest BCUT2D eigenvalue weighted by Crippen LogP contribution is -2.41. The zero-order valence-corrected chi connectivity index (χ0v) is 11.6. The van der Waals surface area contributed by atoms with Crippen molar-refractivity contribution >= 4 is 24.2 Å². The van der Waals surface area contributed by atoms with Crippen LogP contribution in [-0.2, 0) is 0 Å². The lowest BCUT2D eigenvalue weighted by molar-refractivity contribution is 0.0846. The smallest absolute Gasteiger partial charge is 0.267 e. The van der Waals surface area contributed by atoms with E-state index < -0.39 is 0 Å². The van der Waals surface area contributed by atoms with Gasteiger partial charge in [0.15, 0.2) is 0 Å². The molecule has 1 aromatic carbocycles. The van der Waals surface area contributed by atoms with E-state index in [1.54, 1.807) is 24.3 Å². The Hall–Kier alpha value is -2.40. The largest absolute Gasteiger partial charge is 0.269 e. The lowest BCUT2D eigenvalue weighted by Gasteiger charge is -2.07. The van der Waals surface area contributed by atoms with Crippen molar-refractivity contribution in [3.8, 4) is 0 Å². The third-order valence-electron chi connectivity index (χ3n) is 2.55. The van der Waals surface area contributed by atoms with Crippen LogP contribution in [0.2, 0.25) is 0 Å². The van der Waals surface area contributed by atoms with Crippen LogP contribution in [0, 0.1) is 6.92 Å². The maximum atomic E-state index is 11.8. The number of hydrazine groups is 1. The standard InChI is InChI=1S/C14H13N3O2.ClH/c1-10-2-4-11(5-3-10)13(18)16-17-14(19)12-6-8-15-9-7-12;/h2-9H,1H3,(H,16,18)(H,17,19);1H. The topological polar surface area (TPSA) is 71.1 Å². The number of rotatable bonds is 2. The van der Waals surface area contributed by atoms with Crippen LogP contribution in [0.3, 0.4) is 0 Å². The summed E-state index contributed by atoms with van der Waals surface area (Å²) >= 11 is 0. The number of amides is 2. The van der Waals surface area contributed by atoms with Crippen molar-refractivity contribution < 1.29 is 9.59 Å². The predicted octanol–water partition coefficient (Wildman–Crippen LogP) is 1.89. The van der Waals surface area contributed by atoms with Gasteiger partial charge in [0.1, 0.15) is 0 Å². The van der Waals surface area contributed by atoms with E-state index in [1.165, 1.54) is 12.4 Å². The Labute approximate surface area is 122 Å². The summed E-state index contributed by atoms with van der Waals surface area (Å²) in [6.07, 6.45) is 3.02. The minimum Gasteiger partial charge on any atom is -0.267 e. The van der Waals surface area contributed by atoms with Gasteiger partial charge in [-0.25, -0.2) is 0 Å². The van der Waals surface area contributed by atoms with Crippen LogP contribution in [-0.4, -0.2) is 16.8 Å². The molecular formula is C14H14ClN3O2. The summed E-state index contributed by atoms with van der Waals surface area (Å²) in [6.45, 7) is 1.94. The van der Waals surface area contributed by atoms with E-state index in [4.69, 9.17) is 0 Å². The van der Waals surface area contributed by atoms with Gasteiger partial charge < -0.3 is 0 Å². The van der Waals surface area contributed by atoms with Gasteiger partial charge in [-0.1, -0.05) is 17.7 Å². The van der Waals surface area contributed by atoms with Gasteiger partial charge >= 0.3 is 0 Å². The first-order valence-corrected chi connectivity index (χ1v) is 5.74. The van der Waals surface area contributed by atoms with Gasteiger partial charge in [0.2, 0.25) is 0 Å². The fraction of sp³-hybridized carbons (Fsp3) is 0.0714. The van der Waals surface area contributed by atoms with Crippen molar-refractivity contribution in [2.75, 3.05) is 0 Å². The average Bonchev–Trinajstić information content (AvgIpc) is 2.46. The van der Waals surface area contributed by atoms with Crippen LogP contribution in [0.4, 0.5) is 0 Å². The van der Waals surface area contributed by atoms with E-state index in [9.17, 15) is 9.59 Å². The highest BCUT2D eigenvalue weighted by Gasteiger charge is 2.08. The third kappa shape index (κ3) is 4.07. The summed E-state index contributed by atoms with van der Waals surface area (Å²) in [7, 11) is 0. The molecule has 0 spiro atoms. The summed E-state index contributed by atoms with van der Waals surface area (Å²) < 4.78 is 0. The van der Waals surface area contributed by atoms with Gasteiger partial charge in [-0.05, 0) is 31.2 Å². The van der Waals surface area contributed by atoms with Crippen LogP contribution in [0.1, 0.15) is 26.3 Å². The second-order valence-corrected chi connectivity index (χ2v) is 4.01. The number of carbonyl (C=O) groups is 2. The minimum atomic E-state index is -0.386. The molecule has 0 fully saturated rings. The van der Waals surface area contributed by atoms with Crippen LogP contribution in [0.25, 0.3) is 0 Å². The van der Waals surface area contributed by atoms with Crippen LogP contribution < -0.4 is 10.9 Å². The number of aromatic nitrogens is 1. The number of halogens is 1. The molecule has 2 aromatic rings. The molecule has 0 radical (unpaired) electrons. The number of carbonyl (C=O) groups excluding carboxylic acids is 2. The number of hydrogen-bond acceptors (Lipinski definition) is 3. The van der Waals surface area contributed by atoms with Crippen molar-refractivity contribution in [2.45, 2.75) is 6.92 Å². The average molecular weight is 292 g/mol. The zero-order valence-electron chi connectivity index (χ0n) is 10.8. The maximum absolute atomic E-state index is 11.8. The van der Waals surface area contributed by atoms with Gasteiger partial charge in [-0.3, -0.25) is 25.4 Å². The van der Waals surface area contributed by atoms with E-state index in [-0.39, 0.29) is 24.2 Å². The van der Waals surface area contributed by atoms with Gasteiger partial charge in [0.05, 0.1) is 0 Å². The molecule has 0 aliphatic carbocycles. The summed E-state index contributed by atoms with van der Waals surface area (Å²) in [6, 6.07) is 10.2. The molecule has 2 rings (SSSR count). The first-order chi connectivity index (χ1) is 9.16. The molecule has 0 atom stereocenters. The molecule has 104 valence electrons. The number of nitrogens with zero attached hydrogens (tertiary/aromatic N) is 1. The molecule has 5 nitrogen and oxygen atoms in total. The first-order valence-electron chi connectivity index (χ1n) is 5.74. The Balaban J connectivity index is 0.00000200. The Kier molecular flexibility index (Phi) is 5.68. The Morgan fingerprint density at radius 2 is 1.30 bits per heavy atom. The lowest BCUT2D eigenvalue weighted by atomic mass is 10.1. The fourth-order valence-corrected chi connectivity index (χ4v) is 1.47. The number of pyridine rings is 1. The van der Waals surface area contributed by atoms with Crippen molar-refractivity contribution in [1.82, 2.24) is 15.8 Å². The van der Waals surface area contributed by atoms with Crippen molar-refractivity contribution in [2.24, 2.45) is 0 Å². The van der Waals surface area contributed by atoms with E-state index >= 15 is 0 Å². The second kappa shape index (κ2) is 7.25. The maximum Gasteiger partial charge on any atom is 0.269 e. The zero-order chi connectivity index (χ0) is 13.7. The number of aryl methyl sites for hydroxylation is 1. The molecule has 1 heterocycles. The van der Waals surface area contributed by atoms with Gasteiger partial charge in [0, 0.05) is 23.5 Å². The Morgan fingerprint density at radius 1 is 0.850 bits per heavy atom. The second-order valence-electron chi connectivity index (χ2n) is 4.01. The van der Waals surface area contributed by atoms with Gasteiger partial charge in [0.25, 0.3) is 11.8 Å². The fourth-order valence-electron chi connectivity index (χ4n) is 1.47. The summed E-state index contributed by atoms with van der Waals surface area (Å²) in [4.78, 5) is 27.2. The Morgan fingerprint density at radius 3 is 1.80 bits per heavy atom. The predicted molar refractivity (Wildman–Crippen MR) is 77.6 cm³/mol. The summed E-state index contributed by atoms with van der Waals surface area (Å²) in [5.41, 5.74) is 6.69. The number of benzene rings is 1. The van der Waals surface area contributed by atoms with Crippen LogP contribution in [0.15, 0.2) is 48.8 Å². The van der Waals surface area contributed by atoms with E-state index in [1.807, 2.05) is 19.1 Å². The molecule has 0 unspecified atom stereocenters. The van der Waals surface area contributed by atoms with Crippen LogP contribution in [0.5, 0.6) is 0 Å². The molecule has 0 saturated heterocycles.